The van der Waals surface area contributed by atoms with Crippen molar-refractivity contribution >= 4 is 10.0 Å². The average molecular weight is 365 g/mol. The summed E-state index contributed by atoms with van der Waals surface area (Å²) >= 11 is 0. The van der Waals surface area contributed by atoms with Gasteiger partial charge in [-0.1, -0.05) is 19.1 Å². The summed E-state index contributed by atoms with van der Waals surface area (Å²) in [5, 5.41) is 0. The molecule has 136 valence electrons. The van der Waals surface area contributed by atoms with Gasteiger partial charge in [0.2, 0.25) is 10.0 Å². The molecule has 0 bridgehead atoms. The van der Waals surface area contributed by atoms with Crippen LogP contribution >= 0.6 is 0 Å². The number of benzene rings is 2. The molecule has 0 aliphatic rings. The zero-order valence-electron chi connectivity index (χ0n) is 14.6. The Morgan fingerprint density at radius 3 is 2.24 bits per heavy atom. The van der Waals surface area contributed by atoms with Crippen LogP contribution in [0.3, 0.4) is 0 Å². The molecule has 0 atom stereocenters. The van der Waals surface area contributed by atoms with Gasteiger partial charge < -0.3 is 14.2 Å². The van der Waals surface area contributed by atoms with E-state index in [2.05, 4.69) is 11.6 Å². The van der Waals surface area contributed by atoms with Crippen LogP contribution in [0, 0.1) is 0 Å². The summed E-state index contributed by atoms with van der Waals surface area (Å²) in [5.41, 5.74) is 1.22. The number of aryl methyl sites for hydroxylation is 1. The lowest BCUT2D eigenvalue weighted by Gasteiger charge is -2.11. The van der Waals surface area contributed by atoms with E-state index in [4.69, 9.17) is 14.2 Å². The maximum Gasteiger partial charge on any atom is 0.240 e. The second kappa shape index (κ2) is 8.73. The van der Waals surface area contributed by atoms with E-state index in [9.17, 15) is 8.42 Å². The van der Waals surface area contributed by atoms with Crippen molar-refractivity contribution in [3.05, 3.63) is 48.0 Å². The third-order valence-electron chi connectivity index (χ3n) is 3.66. The zero-order chi connectivity index (χ0) is 18.3. The van der Waals surface area contributed by atoms with Gasteiger partial charge in [-0.25, -0.2) is 13.1 Å². The molecule has 0 fully saturated rings. The average Bonchev–Trinajstić information content (AvgIpc) is 2.65. The van der Waals surface area contributed by atoms with Gasteiger partial charge >= 0.3 is 0 Å². The Morgan fingerprint density at radius 1 is 0.960 bits per heavy atom. The Bertz CT molecular complexity index is 788. The first kappa shape index (κ1) is 19.1. The largest absolute Gasteiger partial charge is 0.493 e. The Balaban J connectivity index is 1.92. The number of hydrogen-bond donors (Lipinski definition) is 1. The number of nitrogens with one attached hydrogen (secondary N) is 1. The van der Waals surface area contributed by atoms with Gasteiger partial charge in [0.25, 0.3) is 0 Å². The Labute approximate surface area is 148 Å². The van der Waals surface area contributed by atoms with Crippen LogP contribution in [0.5, 0.6) is 17.2 Å². The van der Waals surface area contributed by atoms with Gasteiger partial charge in [-0.2, -0.15) is 0 Å². The lowest BCUT2D eigenvalue weighted by atomic mass is 10.2. The Kier molecular flexibility index (Phi) is 6.66. The van der Waals surface area contributed by atoms with Crippen LogP contribution < -0.4 is 18.9 Å². The molecule has 0 radical (unpaired) electrons. The second-order valence-corrected chi connectivity index (χ2v) is 7.03. The van der Waals surface area contributed by atoms with E-state index < -0.39 is 10.0 Å². The van der Waals surface area contributed by atoms with Crippen molar-refractivity contribution in [2.75, 3.05) is 27.4 Å². The minimum Gasteiger partial charge on any atom is -0.493 e. The van der Waals surface area contributed by atoms with Crippen LogP contribution in [0.1, 0.15) is 12.5 Å². The smallest absolute Gasteiger partial charge is 0.240 e. The van der Waals surface area contributed by atoms with Gasteiger partial charge in [-0.15, -0.1) is 0 Å². The van der Waals surface area contributed by atoms with E-state index in [-0.39, 0.29) is 18.0 Å². The zero-order valence-corrected chi connectivity index (χ0v) is 15.4. The molecule has 0 saturated carbocycles. The minimum atomic E-state index is -3.65. The van der Waals surface area contributed by atoms with Crippen molar-refractivity contribution in [2.45, 2.75) is 18.2 Å². The van der Waals surface area contributed by atoms with Crippen LogP contribution in [0.15, 0.2) is 47.4 Å². The molecule has 0 saturated heterocycles. The highest BCUT2D eigenvalue weighted by Gasteiger charge is 2.16. The fourth-order valence-corrected chi connectivity index (χ4v) is 3.26. The molecule has 0 amide bonds. The highest BCUT2D eigenvalue weighted by atomic mass is 32.2. The summed E-state index contributed by atoms with van der Waals surface area (Å²) in [4.78, 5) is 0.109. The normalized spacial score (nSPS) is 11.2. The van der Waals surface area contributed by atoms with E-state index in [0.29, 0.717) is 17.2 Å². The molecule has 1 N–H and O–H groups in total. The standard InChI is InChI=1S/C18H23NO5S/c1-4-14-5-7-15(8-6-14)24-12-11-19-25(20,21)16-9-10-17(22-2)18(13-16)23-3/h5-10,13,19H,4,11-12H2,1-3H3. The first-order valence-corrected chi connectivity index (χ1v) is 9.42. The van der Waals surface area contributed by atoms with Crippen molar-refractivity contribution in [1.29, 1.82) is 0 Å². The molecule has 7 heteroatoms. The summed E-state index contributed by atoms with van der Waals surface area (Å²) in [5.74, 6) is 1.54. The number of rotatable bonds is 9. The second-order valence-electron chi connectivity index (χ2n) is 5.26. The number of methoxy groups -OCH3 is 2. The van der Waals surface area contributed by atoms with Crippen molar-refractivity contribution in [2.24, 2.45) is 0 Å². The van der Waals surface area contributed by atoms with E-state index in [1.54, 1.807) is 6.07 Å². The Hall–Kier alpha value is -2.25. The monoisotopic (exact) mass is 365 g/mol. The molecule has 6 nitrogen and oxygen atoms in total. The molecule has 2 aromatic rings. The Morgan fingerprint density at radius 2 is 1.64 bits per heavy atom. The van der Waals surface area contributed by atoms with Gasteiger partial charge in [0.1, 0.15) is 12.4 Å². The molecule has 0 spiro atoms. The third-order valence-corrected chi connectivity index (χ3v) is 5.12. The fourth-order valence-electron chi connectivity index (χ4n) is 2.23. The van der Waals surface area contributed by atoms with Gasteiger partial charge in [0.05, 0.1) is 19.1 Å². The number of ether oxygens (including phenoxy) is 3. The van der Waals surface area contributed by atoms with Gasteiger partial charge in [-0.05, 0) is 36.2 Å². The van der Waals surface area contributed by atoms with Gasteiger partial charge in [0.15, 0.2) is 11.5 Å². The van der Waals surface area contributed by atoms with Crippen LogP contribution in [0.25, 0.3) is 0 Å². The van der Waals surface area contributed by atoms with Gasteiger partial charge in [0, 0.05) is 12.6 Å². The molecule has 2 aromatic carbocycles. The maximum absolute atomic E-state index is 12.3. The van der Waals surface area contributed by atoms with Crippen LogP contribution in [0.4, 0.5) is 0 Å². The lowest BCUT2D eigenvalue weighted by molar-refractivity contribution is 0.322. The summed E-state index contributed by atoms with van der Waals surface area (Å²) < 4.78 is 43.0. The molecule has 2 rings (SSSR count). The topological polar surface area (TPSA) is 73.9 Å². The first-order valence-electron chi connectivity index (χ1n) is 7.93. The molecular weight excluding hydrogens is 342 g/mol. The quantitative estimate of drug-likeness (QED) is 0.692. The first-order chi connectivity index (χ1) is 12.0. The molecule has 0 heterocycles. The third kappa shape index (κ3) is 5.11. The minimum absolute atomic E-state index is 0.109. The SMILES string of the molecule is CCc1ccc(OCCNS(=O)(=O)c2ccc(OC)c(OC)c2)cc1. The molecule has 0 aliphatic heterocycles. The predicted molar refractivity (Wildman–Crippen MR) is 96.0 cm³/mol. The molecule has 0 aromatic heterocycles. The van der Waals surface area contributed by atoms with Crippen LogP contribution in [-0.2, 0) is 16.4 Å². The number of sulfonamides is 1. The molecule has 0 aliphatic carbocycles. The van der Waals surface area contributed by atoms with Crippen LogP contribution in [0.2, 0.25) is 0 Å². The van der Waals surface area contributed by atoms with E-state index in [0.717, 1.165) is 6.42 Å². The maximum atomic E-state index is 12.3. The summed E-state index contributed by atoms with van der Waals surface area (Å²) in [7, 11) is -0.696. The number of hydrogen-bond acceptors (Lipinski definition) is 5. The molecular formula is C18H23NO5S. The predicted octanol–water partition coefficient (Wildman–Crippen LogP) is 2.62. The highest BCUT2D eigenvalue weighted by molar-refractivity contribution is 7.89. The van der Waals surface area contributed by atoms with Gasteiger partial charge in [-0.3, -0.25) is 0 Å². The van der Waals surface area contributed by atoms with E-state index >= 15 is 0 Å². The van der Waals surface area contributed by atoms with Crippen molar-refractivity contribution in [3.8, 4) is 17.2 Å². The van der Waals surface area contributed by atoms with Crippen molar-refractivity contribution < 1.29 is 22.6 Å². The summed E-state index contributed by atoms with van der Waals surface area (Å²) in [6.45, 7) is 2.48. The molecule has 25 heavy (non-hydrogen) atoms. The van der Waals surface area contributed by atoms with Crippen molar-refractivity contribution in [1.82, 2.24) is 4.72 Å². The summed E-state index contributed by atoms with van der Waals surface area (Å²) in [6.07, 6.45) is 0.964. The van der Waals surface area contributed by atoms with Crippen LogP contribution in [-0.4, -0.2) is 35.8 Å². The van der Waals surface area contributed by atoms with Crippen molar-refractivity contribution in [3.63, 3.8) is 0 Å². The van der Waals surface area contributed by atoms with E-state index in [1.165, 1.54) is 31.9 Å². The fraction of sp³-hybridized carbons (Fsp3) is 0.333. The van der Waals surface area contributed by atoms with E-state index in [1.807, 2.05) is 24.3 Å². The lowest BCUT2D eigenvalue weighted by Crippen LogP contribution is -2.28. The molecule has 0 unspecified atom stereocenters. The highest BCUT2D eigenvalue weighted by Crippen LogP contribution is 2.29. The summed E-state index contributed by atoms with van der Waals surface area (Å²) in [6, 6.07) is 12.2.